The van der Waals surface area contributed by atoms with Crippen LogP contribution in [-0.2, 0) is 0 Å². The van der Waals surface area contributed by atoms with Crippen molar-refractivity contribution in [3.63, 3.8) is 0 Å². The summed E-state index contributed by atoms with van der Waals surface area (Å²) in [4.78, 5) is 10.1. The summed E-state index contributed by atoms with van der Waals surface area (Å²) in [5, 5.41) is 27.1. The number of nitrogens with zero attached hydrogens (tertiary/aromatic N) is 2. The highest BCUT2D eigenvalue weighted by Gasteiger charge is 2.19. The van der Waals surface area contributed by atoms with Crippen LogP contribution in [0.2, 0.25) is 0 Å². The lowest BCUT2D eigenvalue weighted by Crippen LogP contribution is -2.28. The molecular weight excluding hydrogens is 272 g/mol. The van der Waals surface area contributed by atoms with Crippen molar-refractivity contribution in [3.05, 3.63) is 27.8 Å². The Morgan fingerprint density at radius 3 is 2.84 bits per heavy atom. The first-order chi connectivity index (χ1) is 8.99. The van der Waals surface area contributed by atoms with Crippen molar-refractivity contribution in [2.45, 2.75) is 0 Å². The smallest absolute Gasteiger partial charge is 0.315 e. The molecule has 0 saturated heterocycles. The molecule has 3 N–H and O–H groups in total. The Kier molecular flexibility index (Phi) is 5.01. The van der Waals surface area contributed by atoms with Gasteiger partial charge in [-0.2, -0.15) is 5.10 Å². The van der Waals surface area contributed by atoms with Gasteiger partial charge in [0.1, 0.15) is 0 Å². The number of hydrazone groups is 1. The van der Waals surface area contributed by atoms with Crippen molar-refractivity contribution >= 4 is 29.2 Å². The minimum absolute atomic E-state index is 0.00755. The number of nitro benzene ring substituents is 1. The number of phenolic OH excluding ortho intramolecular Hbond substituents is 1. The highest BCUT2D eigenvalue weighted by atomic mass is 32.1. The van der Waals surface area contributed by atoms with Crippen LogP contribution in [0.4, 0.5) is 5.69 Å². The molecule has 0 spiro atoms. The molecule has 0 aliphatic heterocycles. The molecule has 0 aliphatic carbocycles. The van der Waals surface area contributed by atoms with Gasteiger partial charge >= 0.3 is 5.69 Å². The van der Waals surface area contributed by atoms with Gasteiger partial charge in [-0.05, 0) is 18.3 Å². The molecule has 0 aliphatic rings. The van der Waals surface area contributed by atoms with E-state index < -0.39 is 16.4 Å². The monoisotopic (exact) mass is 284 g/mol. The van der Waals surface area contributed by atoms with Gasteiger partial charge in [0.15, 0.2) is 10.9 Å². The summed E-state index contributed by atoms with van der Waals surface area (Å²) in [5.41, 5.74) is 2.42. The van der Waals surface area contributed by atoms with Gasteiger partial charge in [0.05, 0.1) is 18.2 Å². The minimum Gasteiger partial charge on any atom is -0.500 e. The van der Waals surface area contributed by atoms with Gasteiger partial charge in [0.25, 0.3) is 0 Å². The normalized spacial score (nSPS) is 10.2. The summed E-state index contributed by atoms with van der Waals surface area (Å²) in [6, 6.07) is 2.58. The second-order valence-corrected chi connectivity index (χ2v) is 3.71. The van der Waals surface area contributed by atoms with E-state index >= 15 is 0 Å². The second-order valence-electron chi connectivity index (χ2n) is 3.30. The summed E-state index contributed by atoms with van der Waals surface area (Å²) >= 11 is 4.80. The number of phenols is 1. The van der Waals surface area contributed by atoms with Crippen LogP contribution in [0.5, 0.6) is 11.5 Å². The van der Waals surface area contributed by atoms with E-state index in [-0.39, 0.29) is 5.75 Å². The predicted octanol–water partition coefficient (Wildman–Crippen LogP) is 0.737. The topological polar surface area (TPSA) is 109 Å². The van der Waals surface area contributed by atoms with Crippen LogP contribution in [0.3, 0.4) is 0 Å². The predicted molar refractivity (Wildman–Crippen MR) is 73.7 cm³/mol. The molecule has 8 nitrogen and oxygen atoms in total. The third-order valence-corrected chi connectivity index (χ3v) is 2.40. The van der Waals surface area contributed by atoms with Gasteiger partial charge in [-0.1, -0.05) is 0 Å². The molecule has 0 heterocycles. The maximum absolute atomic E-state index is 10.8. The van der Waals surface area contributed by atoms with Crippen molar-refractivity contribution in [1.29, 1.82) is 0 Å². The van der Waals surface area contributed by atoms with Crippen LogP contribution < -0.4 is 15.5 Å². The molecule has 0 aromatic heterocycles. The molecule has 0 unspecified atom stereocenters. The zero-order chi connectivity index (χ0) is 14.4. The van der Waals surface area contributed by atoms with E-state index in [4.69, 9.17) is 17.0 Å². The number of thiocarbonyl (C=S) groups is 1. The number of ether oxygens (including phenoxy) is 1. The number of methoxy groups -OCH3 is 1. The number of hydrogen-bond donors (Lipinski definition) is 3. The van der Waals surface area contributed by atoms with E-state index in [0.29, 0.717) is 10.7 Å². The average Bonchev–Trinajstić information content (AvgIpc) is 2.39. The summed E-state index contributed by atoms with van der Waals surface area (Å²) in [5.74, 6) is -0.532. The molecule has 102 valence electrons. The van der Waals surface area contributed by atoms with Gasteiger partial charge < -0.3 is 15.2 Å². The maximum Gasteiger partial charge on any atom is 0.315 e. The Morgan fingerprint density at radius 2 is 2.32 bits per heavy atom. The fourth-order valence-electron chi connectivity index (χ4n) is 1.20. The van der Waals surface area contributed by atoms with Crippen LogP contribution in [0.1, 0.15) is 5.56 Å². The Labute approximate surface area is 114 Å². The fraction of sp³-hybridized carbons (Fsp3) is 0.200. The van der Waals surface area contributed by atoms with E-state index in [1.54, 1.807) is 7.05 Å². The van der Waals surface area contributed by atoms with Crippen molar-refractivity contribution < 1.29 is 14.8 Å². The Hall–Kier alpha value is -2.42. The Balaban J connectivity index is 3.05. The number of benzene rings is 1. The first-order valence-corrected chi connectivity index (χ1v) is 5.46. The highest BCUT2D eigenvalue weighted by molar-refractivity contribution is 7.80. The molecule has 19 heavy (non-hydrogen) atoms. The third-order valence-electron chi connectivity index (χ3n) is 2.10. The minimum atomic E-state index is -0.707. The number of nitro groups is 1. The maximum atomic E-state index is 10.8. The largest absolute Gasteiger partial charge is 0.500 e. The van der Waals surface area contributed by atoms with Gasteiger partial charge in [-0.25, -0.2) is 0 Å². The second kappa shape index (κ2) is 6.50. The van der Waals surface area contributed by atoms with Gasteiger partial charge in [0, 0.05) is 18.7 Å². The van der Waals surface area contributed by atoms with E-state index in [9.17, 15) is 15.2 Å². The lowest BCUT2D eigenvalue weighted by molar-refractivity contribution is -0.386. The molecule has 1 rings (SSSR count). The van der Waals surface area contributed by atoms with Crippen LogP contribution in [-0.4, -0.2) is 35.5 Å². The van der Waals surface area contributed by atoms with E-state index in [0.717, 1.165) is 0 Å². The van der Waals surface area contributed by atoms with Crippen molar-refractivity contribution in [2.24, 2.45) is 5.10 Å². The van der Waals surface area contributed by atoms with E-state index in [2.05, 4.69) is 15.8 Å². The third kappa shape index (κ3) is 3.78. The molecule has 0 fully saturated rings. The lowest BCUT2D eigenvalue weighted by Gasteiger charge is -2.05. The quantitative estimate of drug-likeness (QED) is 0.324. The molecular formula is C10H12N4O4S. The zero-order valence-corrected chi connectivity index (χ0v) is 11.0. The standard InChI is InChI=1S/C10H12N4O4S/c1-11-10(19)13-12-5-6-3-7(14(16)17)9(15)8(4-6)18-2/h3-5,15H,1-2H3,(H2,11,13,19)/b12-5+. The summed E-state index contributed by atoms with van der Waals surface area (Å²) in [7, 11) is 2.92. The average molecular weight is 284 g/mol. The molecule has 9 heteroatoms. The van der Waals surface area contributed by atoms with Crippen LogP contribution in [0.25, 0.3) is 0 Å². The first kappa shape index (κ1) is 14.6. The van der Waals surface area contributed by atoms with Crippen molar-refractivity contribution in [2.75, 3.05) is 14.2 Å². The Morgan fingerprint density at radius 1 is 1.63 bits per heavy atom. The number of nitrogens with one attached hydrogen (secondary N) is 2. The number of hydrogen-bond acceptors (Lipinski definition) is 6. The highest BCUT2D eigenvalue weighted by Crippen LogP contribution is 2.36. The SMILES string of the molecule is CNC(=S)N/N=C/c1cc(OC)c(O)c([N+](=O)[O-])c1. The molecule has 0 atom stereocenters. The molecule has 0 amide bonds. The van der Waals surface area contributed by atoms with Gasteiger partial charge in [-0.3, -0.25) is 15.5 Å². The fourth-order valence-corrected chi connectivity index (χ4v) is 1.26. The van der Waals surface area contributed by atoms with Gasteiger partial charge in [0.2, 0.25) is 5.75 Å². The molecule has 0 saturated carbocycles. The summed E-state index contributed by atoms with van der Waals surface area (Å²) < 4.78 is 4.85. The lowest BCUT2D eigenvalue weighted by atomic mass is 10.2. The molecule has 0 bridgehead atoms. The van der Waals surface area contributed by atoms with Crippen LogP contribution in [0.15, 0.2) is 17.2 Å². The Bertz CT molecular complexity index is 533. The van der Waals surface area contributed by atoms with Gasteiger partial charge in [-0.15, -0.1) is 0 Å². The van der Waals surface area contributed by atoms with Crippen LogP contribution in [0, 0.1) is 10.1 Å². The van der Waals surface area contributed by atoms with Crippen molar-refractivity contribution in [1.82, 2.24) is 10.7 Å². The first-order valence-electron chi connectivity index (χ1n) is 5.05. The zero-order valence-electron chi connectivity index (χ0n) is 10.2. The molecule has 1 aromatic carbocycles. The van der Waals surface area contributed by atoms with Crippen LogP contribution >= 0.6 is 12.2 Å². The summed E-state index contributed by atoms with van der Waals surface area (Å²) in [6.07, 6.45) is 1.32. The number of aromatic hydroxyl groups is 1. The van der Waals surface area contributed by atoms with E-state index in [1.165, 1.54) is 25.5 Å². The molecule has 0 radical (unpaired) electrons. The number of rotatable bonds is 4. The molecule has 1 aromatic rings. The summed E-state index contributed by atoms with van der Waals surface area (Å²) in [6.45, 7) is 0. The van der Waals surface area contributed by atoms with Crippen molar-refractivity contribution in [3.8, 4) is 11.5 Å². The van der Waals surface area contributed by atoms with E-state index in [1.807, 2.05) is 0 Å².